The lowest BCUT2D eigenvalue weighted by Crippen LogP contribution is -2.29. The van der Waals surface area contributed by atoms with Crippen molar-refractivity contribution in [3.8, 4) is 5.95 Å². The summed E-state index contributed by atoms with van der Waals surface area (Å²) in [6.07, 6.45) is 4.10. The summed E-state index contributed by atoms with van der Waals surface area (Å²) in [6.45, 7) is 5.32. The lowest BCUT2D eigenvalue weighted by atomic mass is 10.1. The van der Waals surface area contributed by atoms with E-state index in [1.165, 1.54) is 17.3 Å². The molecule has 3 rings (SSSR count). The summed E-state index contributed by atoms with van der Waals surface area (Å²) in [7, 11) is 0. The Morgan fingerprint density at radius 2 is 2.00 bits per heavy atom. The van der Waals surface area contributed by atoms with E-state index in [-0.39, 0.29) is 5.95 Å². The molecule has 1 aliphatic rings. The zero-order valence-electron chi connectivity index (χ0n) is 10.9. The minimum atomic E-state index is 0.197. The fraction of sp³-hybridized carbons (Fsp3) is 0.545. The largest absolute Gasteiger partial charge is 0.368 e. The van der Waals surface area contributed by atoms with Crippen LogP contribution in [0.1, 0.15) is 20.3 Å². The molecule has 2 aromatic rings. The average Bonchev–Trinajstić information content (AvgIpc) is 2.98. The number of nitrogens with two attached hydrogens (primary N) is 1. The van der Waals surface area contributed by atoms with Crippen LogP contribution in [-0.4, -0.2) is 42.3 Å². The molecule has 1 fully saturated rings. The van der Waals surface area contributed by atoms with Gasteiger partial charge in [-0.2, -0.15) is 24.7 Å². The monoisotopic (exact) mass is 260 g/mol. The molecule has 8 nitrogen and oxygen atoms in total. The highest BCUT2D eigenvalue weighted by molar-refractivity contribution is 5.39. The molecule has 2 atom stereocenters. The topological polar surface area (TPSA) is 98.6 Å². The SMILES string of the molecule is CC1CC(C)N(c2nc(N)nc(-n3cncn3)n2)C1. The van der Waals surface area contributed by atoms with E-state index < -0.39 is 0 Å². The number of hydrogen-bond acceptors (Lipinski definition) is 7. The van der Waals surface area contributed by atoms with Crippen LogP contribution in [0.4, 0.5) is 11.9 Å². The Morgan fingerprint density at radius 1 is 1.21 bits per heavy atom. The van der Waals surface area contributed by atoms with Crippen molar-refractivity contribution in [3.05, 3.63) is 12.7 Å². The Morgan fingerprint density at radius 3 is 2.63 bits per heavy atom. The summed E-state index contributed by atoms with van der Waals surface area (Å²) in [4.78, 5) is 18.8. The maximum absolute atomic E-state index is 5.76. The molecule has 100 valence electrons. The lowest BCUT2D eigenvalue weighted by Gasteiger charge is -2.21. The number of nitrogens with zero attached hydrogens (tertiary/aromatic N) is 7. The first-order valence-electron chi connectivity index (χ1n) is 6.26. The van der Waals surface area contributed by atoms with Crippen molar-refractivity contribution in [1.82, 2.24) is 29.7 Å². The second kappa shape index (κ2) is 4.45. The standard InChI is InChI=1S/C11H16N8/c1-7-3-8(2)18(4-7)10-15-9(12)16-11(17-10)19-6-13-5-14-19/h5-8H,3-4H2,1-2H3,(H2,12,15,16,17). The summed E-state index contributed by atoms with van der Waals surface area (Å²) in [5, 5.41) is 4.01. The normalized spacial score (nSPS) is 22.9. The van der Waals surface area contributed by atoms with Crippen LogP contribution in [0, 0.1) is 5.92 Å². The van der Waals surface area contributed by atoms with E-state index in [1.807, 2.05) is 0 Å². The van der Waals surface area contributed by atoms with Crippen LogP contribution in [0.15, 0.2) is 12.7 Å². The summed E-state index contributed by atoms with van der Waals surface area (Å²) >= 11 is 0. The van der Waals surface area contributed by atoms with Crippen LogP contribution < -0.4 is 10.6 Å². The van der Waals surface area contributed by atoms with E-state index in [4.69, 9.17) is 5.73 Å². The molecule has 0 radical (unpaired) electrons. The predicted octanol–water partition coefficient (Wildman–Crippen LogP) is 0.269. The maximum atomic E-state index is 5.76. The maximum Gasteiger partial charge on any atom is 0.258 e. The van der Waals surface area contributed by atoms with Gasteiger partial charge in [0.1, 0.15) is 12.7 Å². The van der Waals surface area contributed by atoms with Gasteiger partial charge in [0.05, 0.1) is 0 Å². The first-order chi connectivity index (χ1) is 9.13. The highest BCUT2D eigenvalue weighted by Crippen LogP contribution is 2.26. The fourth-order valence-corrected chi connectivity index (χ4v) is 2.49. The van der Waals surface area contributed by atoms with Gasteiger partial charge in [-0.05, 0) is 19.3 Å². The summed E-state index contributed by atoms with van der Waals surface area (Å²) in [5.41, 5.74) is 5.76. The van der Waals surface area contributed by atoms with Crippen LogP contribution in [0.3, 0.4) is 0 Å². The summed E-state index contributed by atoms with van der Waals surface area (Å²) < 4.78 is 1.48. The highest BCUT2D eigenvalue weighted by atomic mass is 15.4. The van der Waals surface area contributed by atoms with Crippen molar-refractivity contribution in [2.75, 3.05) is 17.2 Å². The smallest absolute Gasteiger partial charge is 0.258 e. The minimum absolute atomic E-state index is 0.197. The van der Waals surface area contributed by atoms with Gasteiger partial charge >= 0.3 is 0 Å². The summed E-state index contributed by atoms with van der Waals surface area (Å²) in [5.74, 6) is 1.83. The van der Waals surface area contributed by atoms with Crippen molar-refractivity contribution >= 4 is 11.9 Å². The van der Waals surface area contributed by atoms with Gasteiger partial charge in [0, 0.05) is 12.6 Å². The van der Waals surface area contributed by atoms with E-state index in [2.05, 4.69) is 43.8 Å². The van der Waals surface area contributed by atoms with Crippen molar-refractivity contribution in [2.24, 2.45) is 5.92 Å². The zero-order valence-corrected chi connectivity index (χ0v) is 10.9. The Bertz CT molecular complexity index is 566. The number of aromatic nitrogens is 6. The van der Waals surface area contributed by atoms with Crippen LogP contribution >= 0.6 is 0 Å². The molecule has 1 aliphatic heterocycles. The Kier molecular flexibility index (Phi) is 2.77. The third kappa shape index (κ3) is 2.20. The molecular formula is C11H16N8. The molecule has 2 aromatic heterocycles. The van der Waals surface area contributed by atoms with Crippen molar-refractivity contribution in [3.63, 3.8) is 0 Å². The van der Waals surface area contributed by atoms with E-state index in [0.29, 0.717) is 23.9 Å². The van der Waals surface area contributed by atoms with Crippen molar-refractivity contribution in [2.45, 2.75) is 26.3 Å². The van der Waals surface area contributed by atoms with Crippen LogP contribution in [0.25, 0.3) is 5.95 Å². The van der Waals surface area contributed by atoms with Gasteiger partial charge in [0.25, 0.3) is 5.95 Å². The van der Waals surface area contributed by atoms with Crippen molar-refractivity contribution in [1.29, 1.82) is 0 Å². The molecule has 0 saturated carbocycles. The quantitative estimate of drug-likeness (QED) is 0.827. The minimum Gasteiger partial charge on any atom is -0.368 e. The Hall–Kier alpha value is -2.25. The molecule has 0 spiro atoms. The van der Waals surface area contributed by atoms with E-state index in [9.17, 15) is 0 Å². The molecule has 0 aromatic carbocycles. The first-order valence-corrected chi connectivity index (χ1v) is 6.26. The van der Waals surface area contributed by atoms with E-state index in [0.717, 1.165) is 13.0 Å². The van der Waals surface area contributed by atoms with Gasteiger partial charge in [-0.1, -0.05) is 6.92 Å². The van der Waals surface area contributed by atoms with Gasteiger partial charge in [-0.25, -0.2) is 4.98 Å². The average molecular weight is 260 g/mol. The molecule has 0 bridgehead atoms. The zero-order chi connectivity index (χ0) is 13.4. The van der Waals surface area contributed by atoms with Crippen molar-refractivity contribution < 1.29 is 0 Å². The molecule has 2 unspecified atom stereocenters. The van der Waals surface area contributed by atoms with Crippen LogP contribution in [0.2, 0.25) is 0 Å². The second-order valence-corrected chi connectivity index (χ2v) is 4.98. The van der Waals surface area contributed by atoms with Crippen LogP contribution in [-0.2, 0) is 0 Å². The number of nitrogen functional groups attached to an aromatic ring is 1. The number of anilines is 2. The third-order valence-electron chi connectivity index (χ3n) is 3.29. The third-order valence-corrected chi connectivity index (χ3v) is 3.29. The number of rotatable bonds is 2. The molecule has 0 amide bonds. The highest BCUT2D eigenvalue weighted by Gasteiger charge is 2.28. The molecular weight excluding hydrogens is 244 g/mol. The molecule has 19 heavy (non-hydrogen) atoms. The molecule has 8 heteroatoms. The van der Waals surface area contributed by atoms with E-state index >= 15 is 0 Å². The molecule has 1 saturated heterocycles. The fourth-order valence-electron chi connectivity index (χ4n) is 2.49. The first kappa shape index (κ1) is 11.8. The number of hydrogen-bond donors (Lipinski definition) is 1. The Labute approximate surface area is 110 Å². The lowest BCUT2D eigenvalue weighted by molar-refractivity contribution is 0.624. The van der Waals surface area contributed by atoms with Gasteiger partial charge in [-0.15, -0.1) is 0 Å². The summed E-state index contributed by atoms with van der Waals surface area (Å²) in [6, 6.07) is 0.403. The van der Waals surface area contributed by atoms with Gasteiger partial charge in [-0.3, -0.25) is 0 Å². The van der Waals surface area contributed by atoms with Gasteiger partial charge < -0.3 is 10.6 Å². The van der Waals surface area contributed by atoms with E-state index in [1.54, 1.807) is 0 Å². The second-order valence-electron chi connectivity index (χ2n) is 4.98. The van der Waals surface area contributed by atoms with Gasteiger partial charge in [0.15, 0.2) is 0 Å². The molecule has 3 heterocycles. The predicted molar refractivity (Wildman–Crippen MR) is 69.7 cm³/mol. The van der Waals surface area contributed by atoms with Gasteiger partial charge in [0.2, 0.25) is 11.9 Å². The van der Waals surface area contributed by atoms with Crippen LogP contribution in [0.5, 0.6) is 0 Å². The molecule has 0 aliphatic carbocycles. The Balaban J connectivity index is 1.98. The molecule has 2 N–H and O–H groups in total.